The highest BCUT2D eigenvalue weighted by atomic mass is 32.2. The Morgan fingerprint density at radius 3 is 2.76 bits per heavy atom. The van der Waals surface area contributed by atoms with Crippen LogP contribution in [0.3, 0.4) is 0 Å². The first kappa shape index (κ1) is 14.5. The minimum atomic E-state index is -3.14. The van der Waals surface area contributed by atoms with E-state index in [2.05, 4.69) is 9.71 Å². The second kappa shape index (κ2) is 4.81. The first-order chi connectivity index (χ1) is 9.76. The number of nitrogens with one attached hydrogen (secondary N) is 1. The van der Waals surface area contributed by atoms with Crippen molar-refractivity contribution in [3.05, 3.63) is 18.2 Å². The molecule has 2 heterocycles. The summed E-state index contributed by atoms with van der Waals surface area (Å²) in [6, 6.07) is 0.0184. The van der Waals surface area contributed by atoms with Crippen molar-refractivity contribution in [2.75, 3.05) is 19.3 Å². The normalized spacial score (nSPS) is 28.9. The van der Waals surface area contributed by atoms with Gasteiger partial charge >= 0.3 is 0 Å². The van der Waals surface area contributed by atoms with Crippen molar-refractivity contribution < 1.29 is 13.2 Å². The van der Waals surface area contributed by atoms with E-state index in [4.69, 9.17) is 0 Å². The van der Waals surface area contributed by atoms with Crippen molar-refractivity contribution in [2.24, 2.45) is 12.5 Å². The van der Waals surface area contributed by atoms with Gasteiger partial charge in [-0.15, -0.1) is 0 Å². The smallest absolute Gasteiger partial charge is 0.274 e. The number of hydrogen-bond donors (Lipinski definition) is 1. The molecule has 0 unspecified atom stereocenters. The summed E-state index contributed by atoms with van der Waals surface area (Å²) >= 11 is 0. The van der Waals surface area contributed by atoms with E-state index in [1.807, 2.05) is 11.9 Å². The topological polar surface area (TPSA) is 84.3 Å². The lowest BCUT2D eigenvalue weighted by Crippen LogP contribution is -2.51. The molecular formula is C13H20N4O3S. The molecule has 1 saturated heterocycles. The van der Waals surface area contributed by atoms with Gasteiger partial charge in [-0.05, 0) is 24.7 Å². The van der Waals surface area contributed by atoms with Crippen LogP contribution in [0.4, 0.5) is 0 Å². The van der Waals surface area contributed by atoms with E-state index in [0.717, 1.165) is 25.8 Å². The summed E-state index contributed by atoms with van der Waals surface area (Å²) in [5.41, 5.74) is 0.562. The van der Waals surface area contributed by atoms with E-state index < -0.39 is 10.0 Å². The fourth-order valence-electron chi connectivity index (χ4n) is 3.50. The Hall–Kier alpha value is -1.41. The van der Waals surface area contributed by atoms with Crippen LogP contribution >= 0.6 is 0 Å². The summed E-state index contributed by atoms with van der Waals surface area (Å²) in [7, 11) is -1.31. The molecule has 1 spiro atoms. The largest absolute Gasteiger partial charge is 0.340 e. The number of likely N-dealkylation sites (tertiary alicyclic amines) is 1. The number of amides is 1. The van der Waals surface area contributed by atoms with Gasteiger partial charge in [-0.1, -0.05) is 0 Å². The summed E-state index contributed by atoms with van der Waals surface area (Å²) < 4.78 is 26.8. The van der Waals surface area contributed by atoms with Crippen LogP contribution in [0.2, 0.25) is 0 Å². The van der Waals surface area contributed by atoms with Crippen LogP contribution in [-0.2, 0) is 17.1 Å². The van der Waals surface area contributed by atoms with Crippen LogP contribution in [0.1, 0.15) is 29.8 Å². The zero-order chi connectivity index (χ0) is 15.3. The Kier molecular flexibility index (Phi) is 3.32. The number of rotatable bonds is 3. The van der Waals surface area contributed by atoms with Gasteiger partial charge in [-0.3, -0.25) is 4.79 Å². The molecular weight excluding hydrogens is 292 g/mol. The van der Waals surface area contributed by atoms with Gasteiger partial charge in [0.15, 0.2) is 0 Å². The minimum Gasteiger partial charge on any atom is -0.340 e. The summed E-state index contributed by atoms with van der Waals surface area (Å²) in [5, 5.41) is 0. The van der Waals surface area contributed by atoms with Gasteiger partial charge in [0.2, 0.25) is 10.0 Å². The fraction of sp³-hybridized carbons (Fsp3) is 0.692. The zero-order valence-electron chi connectivity index (χ0n) is 12.2. The lowest BCUT2D eigenvalue weighted by atomic mass is 9.65. The highest BCUT2D eigenvalue weighted by molar-refractivity contribution is 7.88. The maximum atomic E-state index is 12.3. The Labute approximate surface area is 124 Å². The number of aryl methyl sites for hydroxylation is 1. The first-order valence-corrected chi connectivity index (χ1v) is 8.90. The van der Waals surface area contributed by atoms with E-state index in [9.17, 15) is 13.2 Å². The number of nitrogens with zero attached hydrogens (tertiary/aromatic N) is 3. The predicted octanol–water partition coefficient (Wildman–Crippen LogP) is -0.0360. The summed E-state index contributed by atoms with van der Waals surface area (Å²) in [5.74, 6) is -0.0352. The SMILES string of the molecule is Cn1cnc(C(=O)N2CCC3(CC(NS(C)(=O)=O)C3)C2)c1. The van der Waals surface area contributed by atoms with E-state index >= 15 is 0 Å². The highest BCUT2D eigenvalue weighted by Gasteiger charge is 2.50. The molecule has 1 amide bonds. The van der Waals surface area contributed by atoms with Gasteiger partial charge in [0.1, 0.15) is 5.69 Å². The zero-order valence-corrected chi connectivity index (χ0v) is 13.1. The second-order valence-corrected chi connectivity index (χ2v) is 8.18. The molecule has 2 fully saturated rings. The minimum absolute atomic E-state index is 0.0184. The van der Waals surface area contributed by atoms with Crippen molar-refractivity contribution in [3.8, 4) is 0 Å². The lowest BCUT2D eigenvalue weighted by Gasteiger charge is -2.45. The number of imidazole rings is 1. The van der Waals surface area contributed by atoms with Gasteiger partial charge < -0.3 is 9.47 Å². The first-order valence-electron chi connectivity index (χ1n) is 7.01. The number of carbonyl (C=O) groups is 1. The quantitative estimate of drug-likeness (QED) is 0.849. The van der Waals surface area contributed by atoms with Crippen molar-refractivity contribution in [2.45, 2.75) is 25.3 Å². The van der Waals surface area contributed by atoms with Crippen molar-refractivity contribution in [3.63, 3.8) is 0 Å². The molecule has 1 aliphatic heterocycles. The number of hydrogen-bond acceptors (Lipinski definition) is 4. The van der Waals surface area contributed by atoms with Gasteiger partial charge in [0.05, 0.1) is 12.6 Å². The average molecular weight is 312 g/mol. The van der Waals surface area contributed by atoms with E-state index in [1.54, 1.807) is 17.1 Å². The van der Waals surface area contributed by atoms with E-state index in [-0.39, 0.29) is 17.4 Å². The molecule has 0 atom stereocenters. The lowest BCUT2D eigenvalue weighted by molar-refractivity contribution is 0.0683. The summed E-state index contributed by atoms with van der Waals surface area (Å²) in [6.45, 7) is 1.42. The maximum absolute atomic E-state index is 12.3. The molecule has 8 heteroatoms. The average Bonchev–Trinajstić information content (AvgIpc) is 2.92. The Morgan fingerprint density at radius 2 is 2.19 bits per heavy atom. The molecule has 0 radical (unpaired) electrons. The van der Waals surface area contributed by atoms with Gasteiger partial charge in [-0.25, -0.2) is 18.1 Å². The maximum Gasteiger partial charge on any atom is 0.274 e. The third-order valence-corrected chi connectivity index (χ3v) is 5.15. The Balaban J connectivity index is 1.58. The van der Waals surface area contributed by atoms with Gasteiger partial charge in [0, 0.05) is 32.4 Å². The molecule has 1 N–H and O–H groups in total. The van der Waals surface area contributed by atoms with E-state index in [1.165, 1.54) is 6.26 Å². The molecule has 3 rings (SSSR count). The van der Waals surface area contributed by atoms with E-state index in [0.29, 0.717) is 12.2 Å². The molecule has 1 aromatic rings. The van der Waals surface area contributed by atoms with Crippen LogP contribution in [0.25, 0.3) is 0 Å². The van der Waals surface area contributed by atoms with Crippen molar-refractivity contribution in [1.29, 1.82) is 0 Å². The number of carbonyl (C=O) groups excluding carboxylic acids is 1. The molecule has 1 aromatic heterocycles. The number of aromatic nitrogens is 2. The predicted molar refractivity (Wildman–Crippen MR) is 77.2 cm³/mol. The van der Waals surface area contributed by atoms with Crippen molar-refractivity contribution in [1.82, 2.24) is 19.2 Å². The molecule has 1 aliphatic carbocycles. The van der Waals surface area contributed by atoms with Crippen LogP contribution in [-0.4, -0.2) is 54.2 Å². The molecule has 7 nitrogen and oxygen atoms in total. The standard InChI is InChI=1S/C13H20N4O3S/c1-16-7-11(14-9-16)12(18)17-4-3-13(8-17)5-10(6-13)15-21(2,19)20/h7,9-10,15H,3-6,8H2,1-2H3. The monoisotopic (exact) mass is 312 g/mol. The summed E-state index contributed by atoms with van der Waals surface area (Å²) in [6.07, 6.45) is 7.09. The van der Waals surface area contributed by atoms with Gasteiger partial charge in [-0.2, -0.15) is 0 Å². The molecule has 2 aliphatic rings. The molecule has 0 bridgehead atoms. The van der Waals surface area contributed by atoms with Crippen LogP contribution in [0.5, 0.6) is 0 Å². The van der Waals surface area contributed by atoms with Crippen LogP contribution in [0.15, 0.2) is 12.5 Å². The third kappa shape index (κ3) is 2.96. The number of sulfonamides is 1. The van der Waals surface area contributed by atoms with Crippen LogP contribution < -0.4 is 4.72 Å². The van der Waals surface area contributed by atoms with Gasteiger partial charge in [0.25, 0.3) is 5.91 Å². The fourth-order valence-corrected chi connectivity index (χ4v) is 4.27. The third-order valence-electron chi connectivity index (χ3n) is 4.39. The summed E-state index contributed by atoms with van der Waals surface area (Å²) in [4.78, 5) is 18.3. The second-order valence-electron chi connectivity index (χ2n) is 6.40. The highest BCUT2D eigenvalue weighted by Crippen LogP contribution is 2.48. The molecule has 21 heavy (non-hydrogen) atoms. The van der Waals surface area contributed by atoms with Crippen molar-refractivity contribution >= 4 is 15.9 Å². The molecule has 1 saturated carbocycles. The molecule has 0 aromatic carbocycles. The Morgan fingerprint density at radius 1 is 1.48 bits per heavy atom. The molecule has 116 valence electrons. The van der Waals surface area contributed by atoms with Crippen LogP contribution in [0, 0.1) is 5.41 Å². The Bertz CT molecular complexity index is 661.